The van der Waals surface area contributed by atoms with E-state index in [0.29, 0.717) is 5.69 Å². The van der Waals surface area contributed by atoms with Gasteiger partial charge in [0.25, 0.3) is 0 Å². The summed E-state index contributed by atoms with van der Waals surface area (Å²) in [5.74, 6) is -2.16. The Balaban J connectivity index is 2.73. The van der Waals surface area contributed by atoms with Gasteiger partial charge in [0.1, 0.15) is 0 Å². The summed E-state index contributed by atoms with van der Waals surface area (Å²) in [5, 5.41) is 11.6. The van der Waals surface area contributed by atoms with Gasteiger partial charge >= 0.3 is 0 Å². The van der Waals surface area contributed by atoms with E-state index >= 15 is 0 Å². The Hall–Kier alpha value is -2.15. The highest BCUT2D eigenvalue weighted by molar-refractivity contribution is 6.09. The van der Waals surface area contributed by atoms with Crippen LogP contribution in [-0.4, -0.2) is 11.7 Å². The molecular weight excluding hydrogens is 240 g/mol. The van der Waals surface area contributed by atoms with Gasteiger partial charge in [0.05, 0.1) is 6.07 Å². The number of nitrogens with one attached hydrogen (secondary N) is 1. The fraction of sp³-hybridized carbons (Fsp3) is 0.400. The normalized spacial score (nSPS) is 12.3. The molecule has 0 aliphatic carbocycles. The van der Waals surface area contributed by atoms with Crippen molar-refractivity contribution in [3.63, 3.8) is 0 Å². The predicted molar refractivity (Wildman–Crippen MR) is 73.3 cm³/mol. The van der Waals surface area contributed by atoms with E-state index in [-0.39, 0.29) is 17.6 Å². The van der Waals surface area contributed by atoms with Crippen LogP contribution < -0.4 is 5.32 Å². The minimum Gasteiger partial charge on any atom is -0.325 e. The fourth-order valence-electron chi connectivity index (χ4n) is 1.64. The lowest BCUT2D eigenvalue weighted by atomic mass is 9.86. The monoisotopic (exact) mass is 258 g/mol. The maximum atomic E-state index is 11.9. The van der Waals surface area contributed by atoms with Gasteiger partial charge in [0, 0.05) is 12.1 Å². The summed E-state index contributed by atoms with van der Waals surface area (Å²) in [7, 11) is 0. The van der Waals surface area contributed by atoms with Crippen LogP contribution in [0, 0.1) is 22.7 Å². The second-order valence-electron chi connectivity index (χ2n) is 5.62. The van der Waals surface area contributed by atoms with E-state index in [0.717, 1.165) is 0 Å². The molecule has 100 valence electrons. The highest BCUT2D eigenvalue weighted by atomic mass is 16.2. The first-order valence-electron chi connectivity index (χ1n) is 6.12. The summed E-state index contributed by atoms with van der Waals surface area (Å²) >= 11 is 0. The van der Waals surface area contributed by atoms with Crippen molar-refractivity contribution in [2.45, 2.75) is 27.2 Å². The second kappa shape index (κ2) is 6.14. The van der Waals surface area contributed by atoms with Crippen molar-refractivity contribution in [2.75, 3.05) is 5.32 Å². The molecule has 0 saturated heterocycles. The van der Waals surface area contributed by atoms with Crippen molar-refractivity contribution in [1.82, 2.24) is 0 Å². The Morgan fingerprint density at radius 3 is 2.32 bits per heavy atom. The lowest BCUT2D eigenvalue weighted by Gasteiger charge is -2.18. The number of benzene rings is 1. The first-order chi connectivity index (χ1) is 8.83. The van der Waals surface area contributed by atoms with Gasteiger partial charge in [-0.2, -0.15) is 5.26 Å². The minimum atomic E-state index is -1.25. The number of Topliss-reactive ketones (excluding diaryl/α,β-unsaturated/α-hetero) is 1. The largest absolute Gasteiger partial charge is 0.325 e. The van der Waals surface area contributed by atoms with Gasteiger partial charge in [0.15, 0.2) is 11.7 Å². The molecule has 19 heavy (non-hydrogen) atoms. The van der Waals surface area contributed by atoms with Crippen molar-refractivity contribution < 1.29 is 9.59 Å². The Bertz CT molecular complexity index is 495. The number of nitriles is 1. The van der Waals surface area contributed by atoms with Crippen molar-refractivity contribution >= 4 is 17.4 Å². The van der Waals surface area contributed by atoms with Gasteiger partial charge in [-0.15, -0.1) is 0 Å². The Morgan fingerprint density at radius 2 is 1.84 bits per heavy atom. The van der Waals surface area contributed by atoms with E-state index in [1.54, 1.807) is 30.3 Å². The molecule has 4 nitrogen and oxygen atoms in total. The van der Waals surface area contributed by atoms with Crippen LogP contribution in [0.1, 0.15) is 27.2 Å². The van der Waals surface area contributed by atoms with Gasteiger partial charge in [-0.05, 0) is 17.5 Å². The Labute approximate surface area is 113 Å². The van der Waals surface area contributed by atoms with E-state index in [2.05, 4.69) is 5.32 Å². The van der Waals surface area contributed by atoms with Gasteiger partial charge in [-0.25, -0.2) is 0 Å². The van der Waals surface area contributed by atoms with Crippen molar-refractivity contribution in [2.24, 2.45) is 11.3 Å². The second-order valence-corrected chi connectivity index (χ2v) is 5.62. The number of hydrogen-bond donors (Lipinski definition) is 1. The van der Waals surface area contributed by atoms with Crippen LogP contribution in [0.4, 0.5) is 5.69 Å². The number of nitrogens with zero attached hydrogens (tertiary/aromatic N) is 1. The molecule has 0 unspecified atom stereocenters. The molecular formula is C15H18N2O2. The van der Waals surface area contributed by atoms with Crippen LogP contribution in [0.2, 0.25) is 0 Å². The molecule has 0 radical (unpaired) electrons. The average Bonchev–Trinajstić information content (AvgIpc) is 2.28. The molecule has 1 rings (SSSR count). The molecule has 0 fully saturated rings. The third kappa shape index (κ3) is 4.92. The van der Waals surface area contributed by atoms with Gasteiger partial charge < -0.3 is 5.32 Å². The van der Waals surface area contributed by atoms with E-state index < -0.39 is 11.8 Å². The van der Waals surface area contributed by atoms with Gasteiger partial charge in [-0.3, -0.25) is 9.59 Å². The standard InChI is InChI=1S/C15H18N2O2/c1-15(2,3)9-13(18)12(10-16)14(19)17-11-7-5-4-6-8-11/h4-8,12H,9H2,1-3H3,(H,17,19)/t12-/m0/s1. The number of carbonyl (C=O) groups is 2. The molecule has 1 amide bonds. The summed E-state index contributed by atoms with van der Waals surface area (Å²) in [6.07, 6.45) is 0.202. The van der Waals surface area contributed by atoms with Crippen LogP contribution >= 0.6 is 0 Å². The number of rotatable bonds is 4. The number of carbonyl (C=O) groups excluding carboxylic acids is 2. The maximum Gasteiger partial charge on any atom is 0.249 e. The van der Waals surface area contributed by atoms with Gasteiger partial charge in [0.2, 0.25) is 5.91 Å². The molecule has 0 heterocycles. The van der Waals surface area contributed by atoms with E-state index in [1.165, 1.54) is 0 Å². The maximum absolute atomic E-state index is 11.9. The summed E-state index contributed by atoms with van der Waals surface area (Å²) in [6.45, 7) is 5.69. The lowest BCUT2D eigenvalue weighted by molar-refractivity contribution is -0.129. The first kappa shape index (κ1) is 14.9. The molecule has 1 aromatic carbocycles. The van der Waals surface area contributed by atoms with Crippen LogP contribution in [0.15, 0.2) is 30.3 Å². The molecule has 0 bridgehead atoms. The third-order valence-corrected chi connectivity index (χ3v) is 2.46. The number of hydrogen-bond acceptors (Lipinski definition) is 3. The van der Waals surface area contributed by atoms with Gasteiger partial charge in [-0.1, -0.05) is 39.0 Å². The molecule has 4 heteroatoms. The number of anilines is 1. The third-order valence-electron chi connectivity index (χ3n) is 2.46. The van der Waals surface area contributed by atoms with Crippen molar-refractivity contribution in [3.05, 3.63) is 30.3 Å². The van der Waals surface area contributed by atoms with Crippen LogP contribution in [-0.2, 0) is 9.59 Å². The topological polar surface area (TPSA) is 70.0 Å². The zero-order chi connectivity index (χ0) is 14.5. The SMILES string of the molecule is CC(C)(C)CC(=O)[C@H](C#N)C(=O)Nc1ccccc1. The Morgan fingerprint density at radius 1 is 1.26 bits per heavy atom. The molecule has 1 atom stereocenters. The molecule has 0 aliphatic heterocycles. The molecule has 1 N–H and O–H groups in total. The molecule has 0 saturated carbocycles. The van der Waals surface area contributed by atoms with E-state index in [1.807, 2.05) is 26.8 Å². The minimum absolute atomic E-state index is 0.202. The van der Waals surface area contributed by atoms with Crippen molar-refractivity contribution in [3.8, 4) is 6.07 Å². The quantitative estimate of drug-likeness (QED) is 0.844. The molecule has 1 aromatic rings. The smallest absolute Gasteiger partial charge is 0.249 e. The highest BCUT2D eigenvalue weighted by Crippen LogP contribution is 2.21. The summed E-state index contributed by atoms with van der Waals surface area (Å²) in [6, 6.07) is 10.6. The van der Waals surface area contributed by atoms with Crippen LogP contribution in [0.3, 0.4) is 0 Å². The lowest BCUT2D eigenvalue weighted by Crippen LogP contribution is -2.30. The van der Waals surface area contributed by atoms with E-state index in [4.69, 9.17) is 5.26 Å². The van der Waals surface area contributed by atoms with Crippen LogP contribution in [0.5, 0.6) is 0 Å². The zero-order valence-electron chi connectivity index (χ0n) is 11.4. The number of amides is 1. The van der Waals surface area contributed by atoms with Crippen LogP contribution in [0.25, 0.3) is 0 Å². The molecule has 0 aliphatic rings. The van der Waals surface area contributed by atoms with Crippen molar-refractivity contribution in [1.29, 1.82) is 5.26 Å². The predicted octanol–water partition coefficient (Wildman–Crippen LogP) is 2.77. The average molecular weight is 258 g/mol. The summed E-state index contributed by atoms with van der Waals surface area (Å²) in [5.41, 5.74) is 0.343. The molecule has 0 spiro atoms. The first-order valence-corrected chi connectivity index (χ1v) is 6.12. The highest BCUT2D eigenvalue weighted by Gasteiger charge is 2.29. The number of para-hydroxylation sites is 1. The Kier molecular flexibility index (Phi) is 4.82. The zero-order valence-corrected chi connectivity index (χ0v) is 11.4. The number of ketones is 1. The summed E-state index contributed by atoms with van der Waals surface area (Å²) < 4.78 is 0. The fourth-order valence-corrected chi connectivity index (χ4v) is 1.64. The van der Waals surface area contributed by atoms with E-state index in [9.17, 15) is 9.59 Å². The summed E-state index contributed by atoms with van der Waals surface area (Å²) in [4.78, 5) is 23.9. The molecule has 0 aromatic heterocycles.